The van der Waals surface area contributed by atoms with Crippen molar-refractivity contribution >= 4 is 23.0 Å². The summed E-state index contributed by atoms with van der Waals surface area (Å²) < 4.78 is 0. The van der Waals surface area contributed by atoms with Crippen LogP contribution < -0.4 is 4.90 Å². The van der Waals surface area contributed by atoms with E-state index in [4.69, 9.17) is 5.11 Å². The molecule has 132 valence electrons. The molecule has 26 heavy (non-hydrogen) atoms. The van der Waals surface area contributed by atoms with Crippen LogP contribution in [0.3, 0.4) is 0 Å². The number of rotatable bonds is 6. The van der Waals surface area contributed by atoms with E-state index in [-0.39, 0.29) is 5.56 Å². The minimum Gasteiger partial charge on any atom is -0.478 e. The number of carboxylic acid groups (broad SMARTS) is 1. The molecule has 0 atom stereocenters. The summed E-state index contributed by atoms with van der Waals surface area (Å²) in [7, 11) is 0. The van der Waals surface area contributed by atoms with Gasteiger partial charge in [-0.25, -0.2) is 4.79 Å². The molecule has 0 saturated carbocycles. The molecule has 3 rings (SSSR count). The van der Waals surface area contributed by atoms with Gasteiger partial charge in [0.05, 0.1) is 5.56 Å². The Morgan fingerprint density at radius 2 is 1.04 bits per heavy atom. The van der Waals surface area contributed by atoms with E-state index in [0.717, 1.165) is 29.9 Å². The molecule has 0 amide bonds. The van der Waals surface area contributed by atoms with Gasteiger partial charge in [-0.2, -0.15) is 0 Å². The molecule has 1 N–H and O–H groups in total. The van der Waals surface area contributed by atoms with E-state index in [1.165, 1.54) is 11.1 Å². The lowest BCUT2D eigenvalue weighted by atomic mass is 10.1. The van der Waals surface area contributed by atoms with Gasteiger partial charge in [-0.15, -0.1) is 0 Å². The molecule has 0 bridgehead atoms. The second kappa shape index (κ2) is 7.87. The summed E-state index contributed by atoms with van der Waals surface area (Å²) in [6.45, 7) is 4.28. The number of anilines is 3. The fourth-order valence-electron chi connectivity index (χ4n) is 2.96. The first-order valence-corrected chi connectivity index (χ1v) is 8.93. The van der Waals surface area contributed by atoms with Gasteiger partial charge in [0.25, 0.3) is 0 Å². The van der Waals surface area contributed by atoms with Crippen LogP contribution in [0.1, 0.15) is 35.3 Å². The van der Waals surface area contributed by atoms with E-state index in [2.05, 4.69) is 67.3 Å². The molecule has 3 aromatic rings. The van der Waals surface area contributed by atoms with Crippen LogP contribution in [0.5, 0.6) is 0 Å². The molecule has 0 spiro atoms. The Labute approximate surface area is 154 Å². The van der Waals surface area contributed by atoms with Gasteiger partial charge in [0.15, 0.2) is 0 Å². The lowest BCUT2D eigenvalue weighted by molar-refractivity contribution is 0.0697. The van der Waals surface area contributed by atoms with Gasteiger partial charge < -0.3 is 10.0 Å². The first-order chi connectivity index (χ1) is 12.6. The van der Waals surface area contributed by atoms with E-state index in [1.807, 2.05) is 12.1 Å². The monoisotopic (exact) mass is 345 g/mol. The largest absolute Gasteiger partial charge is 0.478 e. The van der Waals surface area contributed by atoms with Gasteiger partial charge in [0.2, 0.25) is 0 Å². The highest BCUT2D eigenvalue weighted by Gasteiger charge is 2.13. The van der Waals surface area contributed by atoms with Crippen molar-refractivity contribution in [2.45, 2.75) is 26.7 Å². The quantitative estimate of drug-likeness (QED) is 0.597. The predicted molar refractivity (Wildman–Crippen MR) is 107 cm³/mol. The maximum Gasteiger partial charge on any atom is 0.335 e. The predicted octanol–water partition coefficient (Wildman–Crippen LogP) is 5.98. The molecule has 3 heteroatoms. The Bertz CT molecular complexity index is 818. The molecule has 0 unspecified atom stereocenters. The molecule has 0 heterocycles. The number of carbonyl (C=O) groups is 1. The average molecular weight is 345 g/mol. The van der Waals surface area contributed by atoms with Crippen molar-refractivity contribution in [3.05, 3.63) is 89.5 Å². The van der Waals surface area contributed by atoms with Crippen molar-refractivity contribution in [1.29, 1.82) is 0 Å². The van der Waals surface area contributed by atoms with Gasteiger partial charge in [0.1, 0.15) is 0 Å². The second-order valence-corrected chi connectivity index (χ2v) is 6.23. The summed E-state index contributed by atoms with van der Waals surface area (Å²) in [6.07, 6.45) is 2.00. The zero-order chi connectivity index (χ0) is 18.5. The van der Waals surface area contributed by atoms with Crippen LogP contribution in [0.2, 0.25) is 0 Å². The molecule has 0 saturated heterocycles. The van der Waals surface area contributed by atoms with Crippen molar-refractivity contribution in [1.82, 2.24) is 0 Å². The normalized spacial score (nSPS) is 10.5. The highest BCUT2D eigenvalue weighted by molar-refractivity contribution is 5.88. The van der Waals surface area contributed by atoms with E-state index in [1.54, 1.807) is 12.1 Å². The summed E-state index contributed by atoms with van der Waals surface area (Å²) >= 11 is 0. The fraction of sp³-hybridized carbons (Fsp3) is 0.174. The van der Waals surface area contributed by atoms with E-state index in [0.29, 0.717) is 0 Å². The third-order valence-corrected chi connectivity index (χ3v) is 4.58. The molecule has 0 aliphatic heterocycles. The zero-order valence-electron chi connectivity index (χ0n) is 15.1. The summed E-state index contributed by atoms with van der Waals surface area (Å²) in [5.41, 5.74) is 5.90. The summed E-state index contributed by atoms with van der Waals surface area (Å²) in [5, 5.41) is 9.15. The van der Waals surface area contributed by atoms with E-state index >= 15 is 0 Å². The minimum atomic E-state index is -0.914. The SMILES string of the molecule is CCc1ccc(N(c2ccc(CC)cc2)c2ccc(C(=O)O)cc2)cc1. The molecular formula is C23H23NO2. The van der Waals surface area contributed by atoms with Gasteiger partial charge in [-0.05, 0) is 72.5 Å². The van der Waals surface area contributed by atoms with Crippen molar-refractivity contribution in [2.24, 2.45) is 0 Å². The number of benzene rings is 3. The third kappa shape index (κ3) is 3.77. The molecule has 0 aliphatic rings. The Morgan fingerprint density at radius 1 is 0.692 bits per heavy atom. The molecule has 0 aromatic heterocycles. The van der Waals surface area contributed by atoms with Crippen LogP contribution in [-0.2, 0) is 12.8 Å². The standard InChI is InChI=1S/C23H23NO2/c1-3-17-5-11-20(12-6-17)24(21-13-7-18(4-2)8-14-21)22-15-9-19(10-16-22)23(25)26/h5-16H,3-4H2,1-2H3,(H,25,26). The fourth-order valence-corrected chi connectivity index (χ4v) is 2.96. The van der Waals surface area contributed by atoms with Crippen molar-refractivity contribution in [2.75, 3.05) is 4.90 Å². The minimum absolute atomic E-state index is 0.288. The smallest absolute Gasteiger partial charge is 0.335 e. The number of carboxylic acids is 1. The zero-order valence-corrected chi connectivity index (χ0v) is 15.1. The average Bonchev–Trinajstić information content (AvgIpc) is 2.69. The second-order valence-electron chi connectivity index (χ2n) is 6.23. The first kappa shape index (κ1) is 17.7. The van der Waals surface area contributed by atoms with Crippen LogP contribution in [0.25, 0.3) is 0 Å². The maximum atomic E-state index is 11.1. The summed E-state index contributed by atoms with van der Waals surface area (Å²) in [4.78, 5) is 13.3. The lowest BCUT2D eigenvalue weighted by Gasteiger charge is -2.26. The summed E-state index contributed by atoms with van der Waals surface area (Å²) in [6, 6.07) is 24.0. The van der Waals surface area contributed by atoms with Gasteiger partial charge in [-0.1, -0.05) is 38.1 Å². The third-order valence-electron chi connectivity index (χ3n) is 4.58. The van der Waals surface area contributed by atoms with Gasteiger partial charge in [-0.3, -0.25) is 0 Å². The number of nitrogens with zero attached hydrogens (tertiary/aromatic N) is 1. The Hall–Kier alpha value is -3.07. The number of aryl methyl sites for hydroxylation is 2. The van der Waals surface area contributed by atoms with Crippen molar-refractivity contribution < 1.29 is 9.90 Å². The molecular weight excluding hydrogens is 322 g/mol. The summed E-state index contributed by atoms with van der Waals surface area (Å²) in [5.74, 6) is -0.914. The molecule has 0 aliphatic carbocycles. The van der Waals surface area contributed by atoms with Gasteiger partial charge in [0, 0.05) is 17.1 Å². The molecule has 3 nitrogen and oxygen atoms in total. The van der Waals surface area contributed by atoms with Crippen LogP contribution in [0.15, 0.2) is 72.8 Å². The van der Waals surface area contributed by atoms with Crippen LogP contribution in [0.4, 0.5) is 17.1 Å². The Kier molecular flexibility index (Phi) is 5.37. The van der Waals surface area contributed by atoms with Crippen LogP contribution in [-0.4, -0.2) is 11.1 Å². The Balaban J connectivity index is 2.06. The highest BCUT2D eigenvalue weighted by Crippen LogP contribution is 2.34. The molecule has 0 fully saturated rings. The van der Waals surface area contributed by atoms with Crippen molar-refractivity contribution in [3.8, 4) is 0 Å². The molecule has 3 aromatic carbocycles. The number of aromatic carboxylic acids is 1. The van der Waals surface area contributed by atoms with Crippen LogP contribution in [0, 0.1) is 0 Å². The number of hydrogen-bond donors (Lipinski definition) is 1. The highest BCUT2D eigenvalue weighted by atomic mass is 16.4. The Morgan fingerprint density at radius 3 is 1.35 bits per heavy atom. The van der Waals surface area contributed by atoms with E-state index in [9.17, 15) is 4.79 Å². The lowest BCUT2D eigenvalue weighted by Crippen LogP contribution is -2.10. The first-order valence-electron chi connectivity index (χ1n) is 8.93. The van der Waals surface area contributed by atoms with Crippen molar-refractivity contribution in [3.63, 3.8) is 0 Å². The molecule has 0 radical (unpaired) electrons. The van der Waals surface area contributed by atoms with Crippen LogP contribution >= 0.6 is 0 Å². The number of hydrogen-bond acceptors (Lipinski definition) is 2. The van der Waals surface area contributed by atoms with E-state index < -0.39 is 5.97 Å². The topological polar surface area (TPSA) is 40.5 Å². The maximum absolute atomic E-state index is 11.1. The van der Waals surface area contributed by atoms with Gasteiger partial charge >= 0.3 is 5.97 Å².